The molecule has 10 heavy (non-hydrogen) atoms. The van der Waals surface area contributed by atoms with Gasteiger partial charge >= 0.3 is 0 Å². The minimum atomic E-state index is -0.363. The zero-order chi connectivity index (χ0) is 8.15. The summed E-state index contributed by atoms with van der Waals surface area (Å²) in [6.45, 7) is 5.54. The van der Waals surface area contributed by atoms with Crippen LogP contribution in [-0.4, -0.2) is 5.91 Å². The molecule has 0 aromatic rings. The van der Waals surface area contributed by atoms with Crippen molar-refractivity contribution in [2.24, 2.45) is 5.73 Å². The molecule has 0 aliphatic rings. The van der Waals surface area contributed by atoms with Crippen LogP contribution >= 0.6 is 0 Å². The van der Waals surface area contributed by atoms with E-state index in [0.29, 0.717) is 5.57 Å². The molecule has 0 aromatic carbocycles. The van der Waals surface area contributed by atoms with Gasteiger partial charge in [0.25, 0.3) is 0 Å². The van der Waals surface area contributed by atoms with Crippen molar-refractivity contribution >= 4 is 5.91 Å². The maximum Gasteiger partial charge on any atom is 0.248 e. The van der Waals surface area contributed by atoms with Crippen molar-refractivity contribution in [3.05, 3.63) is 23.3 Å². The molecule has 0 saturated carbocycles. The standard InChI is InChI=1S/C8H13NO/c1-4-6(3)7(5-2)8(9)10/h4-5H,1-3H3,(H2,9,10). The number of allylic oxidation sites excluding steroid dienone is 2. The molecule has 0 heterocycles. The molecule has 0 aliphatic carbocycles. The van der Waals surface area contributed by atoms with E-state index in [1.54, 1.807) is 13.0 Å². The van der Waals surface area contributed by atoms with Gasteiger partial charge in [-0.3, -0.25) is 4.79 Å². The van der Waals surface area contributed by atoms with Gasteiger partial charge in [-0.25, -0.2) is 0 Å². The summed E-state index contributed by atoms with van der Waals surface area (Å²) in [5, 5.41) is 0. The Morgan fingerprint density at radius 1 is 1.30 bits per heavy atom. The molecule has 0 atom stereocenters. The van der Waals surface area contributed by atoms with Gasteiger partial charge in [0.2, 0.25) is 5.91 Å². The van der Waals surface area contributed by atoms with Gasteiger partial charge in [-0.2, -0.15) is 0 Å². The van der Waals surface area contributed by atoms with Crippen molar-refractivity contribution in [1.82, 2.24) is 0 Å². The summed E-state index contributed by atoms with van der Waals surface area (Å²) in [5.74, 6) is -0.363. The molecule has 2 N–H and O–H groups in total. The minimum absolute atomic E-state index is 0.363. The third-order valence-corrected chi connectivity index (χ3v) is 1.41. The van der Waals surface area contributed by atoms with Gasteiger partial charge < -0.3 is 5.73 Å². The smallest absolute Gasteiger partial charge is 0.248 e. The molecule has 0 rings (SSSR count). The van der Waals surface area contributed by atoms with Crippen molar-refractivity contribution in [2.75, 3.05) is 0 Å². The molecule has 56 valence electrons. The predicted octanol–water partition coefficient (Wildman–Crippen LogP) is 1.38. The Hall–Kier alpha value is -1.05. The van der Waals surface area contributed by atoms with Gasteiger partial charge in [0.05, 0.1) is 0 Å². The molecule has 0 bridgehead atoms. The third kappa shape index (κ3) is 2.05. The van der Waals surface area contributed by atoms with Gasteiger partial charge in [0, 0.05) is 5.57 Å². The summed E-state index contributed by atoms with van der Waals surface area (Å²) < 4.78 is 0. The Morgan fingerprint density at radius 3 is 1.90 bits per heavy atom. The lowest BCUT2D eigenvalue weighted by Gasteiger charge is -1.99. The van der Waals surface area contributed by atoms with Crippen LogP contribution in [0.25, 0.3) is 0 Å². The van der Waals surface area contributed by atoms with Crippen LogP contribution in [0.3, 0.4) is 0 Å². The molecule has 2 nitrogen and oxygen atoms in total. The highest BCUT2D eigenvalue weighted by Gasteiger charge is 2.02. The summed E-state index contributed by atoms with van der Waals surface area (Å²) in [6.07, 6.45) is 3.58. The van der Waals surface area contributed by atoms with Crippen LogP contribution < -0.4 is 5.73 Å². The number of nitrogens with two attached hydrogens (primary N) is 1. The molecule has 0 aromatic heterocycles. The maximum atomic E-state index is 10.6. The highest BCUT2D eigenvalue weighted by Crippen LogP contribution is 2.06. The van der Waals surface area contributed by atoms with Gasteiger partial charge in [-0.1, -0.05) is 12.2 Å². The minimum Gasteiger partial charge on any atom is -0.366 e. The average molecular weight is 139 g/mol. The highest BCUT2D eigenvalue weighted by atomic mass is 16.1. The van der Waals surface area contributed by atoms with Crippen LogP contribution in [0.15, 0.2) is 23.3 Å². The van der Waals surface area contributed by atoms with Gasteiger partial charge in [0.15, 0.2) is 0 Å². The fourth-order valence-electron chi connectivity index (χ4n) is 0.720. The quantitative estimate of drug-likeness (QED) is 0.456. The van der Waals surface area contributed by atoms with E-state index in [-0.39, 0.29) is 5.91 Å². The summed E-state index contributed by atoms with van der Waals surface area (Å²) >= 11 is 0. The van der Waals surface area contributed by atoms with Crippen molar-refractivity contribution in [3.8, 4) is 0 Å². The number of hydrogen-bond donors (Lipinski definition) is 1. The number of hydrogen-bond acceptors (Lipinski definition) is 1. The largest absolute Gasteiger partial charge is 0.366 e. The van der Waals surface area contributed by atoms with Crippen LogP contribution in [0.1, 0.15) is 20.8 Å². The lowest BCUT2D eigenvalue weighted by molar-refractivity contribution is -0.114. The van der Waals surface area contributed by atoms with Crippen molar-refractivity contribution in [3.63, 3.8) is 0 Å². The monoisotopic (exact) mass is 139 g/mol. The van der Waals surface area contributed by atoms with Crippen LogP contribution in [0, 0.1) is 0 Å². The fourth-order valence-corrected chi connectivity index (χ4v) is 0.720. The van der Waals surface area contributed by atoms with Gasteiger partial charge in [-0.15, -0.1) is 0 Å². The van der Waals surface area contributed by atoms with E-state index in [4.69, 9.17) is 5.73 Å². The van der Waals surface area contributed by atoms with E-state index in [1.165, 1.54) is 0 Å². The van der Waals surface area contributed by atoms with Crippen molar-refractivity contribution in [2.45, 2.75) is 20.8 Å². The van der Waals surface area contributed by atoms with Gasteiger partial charge in [0.1, 0.15) is 0 Å². The fraction of sp³-hybridized carbons (Fsp3) is 0.375. The second-order valence-electron chi connectivity index (χ2n) is 2.04. The zero-order valence-electron chi connectivity index (χ0n) is 6.64. The van der Waals surface area contributed by atoms with E-state index < -0.39 is 0 Å². The predicted molar refractivity (Wildman–Crippen MR) is 42.4 cm³/mol. The van der Waals surface area contributed by atoms with Crippen LogP contribution in [-0.2, 0) is 4.79 Å². The SMILES string of the molecule is CC=C(C)C(=CC)C(N)=O. The van der Waals surface area contributed by atoms with Crippen molar-refractivity contribution in [1.29, 1.82) is 0 Å². The van der Waals surface area contributed by atoms with E-state index in [9.17, 15) is 4.79 Å². The first-order valence-electron chi connectivity index (χ1n) is 3.22. The number of carbonyl (C=O) groups is 1. The third-order valence-electron chi connectivity index (χ3n) is 1.41. The number of rotatable bonds is 2. The van der Waals surface area contributed by atoms with E-state index >= 15 is 0 Å². The molecule has 0 spiro atoms. The van der Waals surface area contributed by atoms with Crippen LogP contribution in [0.5, 0.6) is 0 Å². The number of primary amides is 1. The second kappa shape index (κ2) is 3.88. The topological polar surface area (TPSA) is 43.1 Å². The summed E-state index contributed by atoms with van der Waals surface area (Å²) in [5.41, 5.74) is 6.60. The van der Waals surface area contributed by atoms with E-state index in [0.717, 1.165) is 5.57 Å². The zero-order valence-corrected chi connectivity index (χ0v) is 6.64. The molecule has 0 saturated heterocycles. The lowest BCUT2D eigenvalue weighted by atomic mass is 10.1. The van der Waals surface area contributed by atoms with E-state index in [2.05, 4.69) is 0 Å². The molecule has 0 aliphatic heterocycles. The Labute approximate surface area is 61.4 Å². The normalized spacial score (nSPS) is 13.5. The molecule has 0 radical (unpaired) electrons. The molecular weight excluding hydrogens is 126 g/mol. The highest BCUT2D eigenvalue weighted by molar-refractivity contribution is 5.96. The summed E-state index contributed by atoms with van der Waals surface area (Å²) in [6, 6.07) is 0. The van der Waals surface area contributed by atoms with Gasteiger partial charge in [-0.05, 0) is 26.3 Å². The molecular formula is C8H13NO. The number of amides is 1. The first-order chi connectivity index (χ1) is 4.63. The Kier molecular flexibility index (Phi) is 3.47. The second-order valence-corrected chi connectivity index (χ2v) is 2.04. The Balaban J connectivity index is 4.56. The van der Waals surface area contributed by atoms with E-state index in [1.807, 2.05) is 19.9 Å². The first kappa shape index (κ1) is 8.95. The molecule has 1 amide bonds. The van der Waals surface area contributed by atoms with Crippen LogP contribution in [0.2, 0.25) is 0 Å². The Bertz CT molecular complexity index is 189. The lowest BCUT2D eigenvalue weighted by Crippen LogP contribution is -2.14. The average Bonchev–Trinajstić information content (AvgIpc) is 1.88. The van der Waals surface area contributed by atoms with Crippen LogP contribution in [0.4, 0.5) is 0 Å². The summed E-state index contributed by atoms with van der Waals surface area (Å²) in [7, 11) is 0. The Morgan fingerprint density at radius 2 is 1.80 bits per heavy atom. The molecule has 0 unspecified atom stereocenters. The summed E-state index contributed by atoms with van der Waals surface area (Å²) in [4.78, 5) is 10.6. The first-order valence-corrected chi connectivity index (χ1v) is 3.22. The molecule has 2 heteroatoms. The molecule has 0 fully saturated rings. The number of carbonyl (C=O) groups excluding carboxylic acids is 1. The maximum absolute atomic E-state index is 10.6. The van der Waals surface area contributed by atoms with Crippen molar-refractivity contribution < 1.29 is 4.79 Å².